The molecule has 4 aliphatic heterocycles. The van der Waals surface area contributed by atoms with Crippen LogP contribution in [0.3, 0.4) is 0 Å². The quantitative estimate of drug-likeness (QED) is 0.120. The number of benzene rings is 1. The number of alkyl halides is 1. The van der Waals surface area contributed by atoms with Gasteiger partial charge in [0.2, 0.25) is 0 Å². The Hall–Kier alpha value is -4.67. The Morgan fingerprint density at radius 2 is 2.04 bits per heavy atom. The van der Waals surface area contributed by atoms with E-state index >= 15 is 13.2 Å². The zero-order valence-electron chi connectivity index (χ0n) is 28.7. The molecule has 0 radical (unpaired) electrons. The first-order valence-electron chi connectivity index (χ1n) is 17.3. The summed E-state index contributed by atoms with van der Waals surface area (Å²) in [6.07, 6.45) is 8.39. The zero-order chi connectivity index (χ0) is 37.3. The molecule has 0 N–H and O–H groups in total. The van der Waals surface area contributed by atoms with Crippen LogP contribution in [0.5, 0.6) is 11.8 Å². The fourth-order valence-electron chi connectivity index (χ4n) is 7.71. The molecule has 4 aliphatic rings. The molecule has 11 nitrogen and oxygen atoms in total. The van der Waals surface area contributed by atoms with Crippen molar-refractivity contribution in [1.82, 2.24) is 24.8 Å². The van der Waals surface area contributed by atoms with E-state index in [-0.39, 0.29) is 85.9 Å². The molecule has 0 aliphatic carbocycles. The standard InChI is InChI=1S/C37H36F4N8O3.W/c1-3-4-5-6-9-28(40)35(50)48-15-14-46(22-25(48)19-42-2)33-26-20-43-34(49-16-17-51-29-11-7-10-27(39)32(29)49)30(41)31(26)44-36(45-33)52-23-37-12-8-13-47(37)21-24(38)18-37;/h3-5,7,9-11,20,24-25H,1,8,12-19,21-23H2;/b5-4-,28-9-;/t24-,25+,37+;/m1./s1. The number of aromatic nitrogens is 3. The van der Waals surface area contributed by atoms with Crippen molar-refractivity contribution in [2.75, 3.05) is 68.8 Å². The molecule has 1 amide bonds. The number of rotatable bonds is 10. The number of amides is 1. The fraction of sp³-hybridized carbons (Fsp3) is 0.405. The van der Waals surface area contributed by atoms with Crippen LogP contribution in [0.25, 0.3) is 15.7 Å². The molecular weight excluding hydrogens is 864 g/mol. The third-order valence-corrected chi connectivity index (χ3v) is 11.0. The van der Waals surface area contributed by atoms with Gasteiger partial charge in [-0.15, -0.1) is 0 Å². The van der Waals surface area contributed by atoms with Gasteiger partial charge in [-0.3, -0.25) is 4.90 Å². The van der Waals surface area contributed by atoms with Crippen LogP contribution in [0, 0.1) is 18.2 Å². The number of pyridine rings is 1. The van der Waals surface area contributed by atoms with E-state index in [0.29, 0.717) is 16.9 Å². The Labute approximate surface area is 314 Å². The van der Waals surface area contributed by atoms with Crippen LogP contribution in [0.2, 0.25) is 0 Å². The number of nitrogens with zero attached hydrogens (tertiary/aromatic N) is 8. The fourth-order valence-corrected chi connectivity index (χ4v) is 8.36. The zero-order valence-corrected chi connectivity index (χ0v) is 31.6. The molecule has 7 rings (SSSR count). The van der Waals surface area contributed by atoms with Crippen LogP contribution in [0.4, 0.5) is 34.9 Å². The summed E-state index contributed by atoms with van der Waals surface area (Å²) in [7, 11) is 0. The van der Waals surface area contributed by atoms with Crippen molar-refractivity contribution in [3.63, 3.8) is 0 Å². The number of hydrogen-bond acceptors (Lipinski definition) is 9. The van der Waals surface area contributed by atoms with Gasteiger partial charge < -0.3 is 9.64 Å². The van der Waals surface area contributed by atoms with Gasteiger partial charge >= 0.3 is 183 Å². The summed E-state index contributed by atoms with van der Waals surface area (Å²) in [6, 6.07) is 3.49. The second kappa shape index (κ2) is 15.4. The summed E-state index contributed by atoms with van der Waals surface area (Å²) in [5.74, 6) is -2.90. The van der Waals surface area contributed by atoms with Crippen molar-refractivity contribution in [3.8, 4) is 11.8 Å². The Kier molecular flexibility index (Phi) is 10.6. The molecule has 16 heteroatoms. The number of ether oxygens (including phenoxy) is 2. The summed E-state index contributed by atoms with van der Waals surface area (Å²) in [6.45, 7) is 12.8. The Morgan fingerprint density at radius 3 is 2.85 bits per heavy atom. The molecule has 0 unspecified atom stereocenters. The third kappa shape index (κ3) is 7.19. The van der Waals surface area contributed by atoms with Gasteiger partial charge in [-0.05, 0) is 31.5 Å². The maximum atomic E-state index is 16.8. The summed E-state index contributed by atoms with van der Waals surface area (Å²) in [5, 5.41) is 0.223. The van der Waals surface area contributed by atoms with Gasteiger partial charge in [0.1, 0.15) is 30.8 Å². The number of fused-ring (bicyclic) bond motifs is 3. The van der Waals surface area contributed by atoms with Crippen LogP contribution in [0.15, 0.2) is 61.1 Å². The summed E-state index contributed by atoms with van der Waals surface area (Å²) in [5.41, 5.74) is -0.615. The van der Waals surface area contributed by atoms with Gasteiger partial charge in [-0.1, -0.05) is 6.07 Å². The Balaban J connectivity index is 1.25. The van der Waals surface area contributed by atoms with Crippen LogP contribution >= 0.6 is 0 Å². The number of piperazine rings is 1. The van der Waals surface area contributed by atoms with E-state index in [2.05, 4.69) is 26.3 Å². The second-order valence-electron chi connectivity index (χ2n) is 13.4. The van der Waals surface area contributed by atoms with E-state index in [9.17, 15) is 9.18 Å². The van der Waals surface area contributed by atoms with Crippen LogP contribution < -0.4 is 19.3 Å². The van der Waals surface area contributed by atoms with E-state index in [4.69, 9.17) is 21.0 Å². The molecule has 3 aromatic rings. The van der Waals surface area contributed by atoms with E-state index in [1.54, 1.807) is 29.2 Å². The number of halogens is 4. The minimum absolute atomic E-state index is 0.0458. The van der Waals surface area contributed by atoms with E-state index < -0.39 is 41.1 Å². The first kappa shape index (κ1) is 36.7. The molecule has 3 atom stereocenters. The van der Waals surface area contributed by atoms with Crippen molar-refractivity contribution in [2.45, 2.75) is 37.0 Å². The number of anilines is 3. The van der Waals surface area contributed by atoms with Crippen molar-refractivity contribution in [2.24, 2.45) is 0 Å². The second-order valence-corrected chi connectivity index (χ2v) is 15.1. The third-order valence-electron chi connectivity index (χ3n) is 10.1. The molecular formula is C37H36F4N8O3W. The monoisotopic (exact) mass is 900 g/mol. The van der Waals surface area contributed by atoms with Gasteiger partial charge in [0.15, 0.2) is 11.6 Å². The van der Waals surface area contributed by atoms with Gasteiger partial charge in [0.05, 0.1) is 12.1 Å². The SMILES string of the molecule is [C-]#[N+]C[C@H]1CN(c2nc(OC[C@@]34CCCN3C[C@H](F)C4)nc3c(F)c(N4CCOc5cccc(F)c54)ncc23)CCN1C(=O)/C(F)=C/[C](=[W])/C=C\C=C. The molecule has 0 bridgehead atoms. The average molecular weight is 901 g/mol. The molecule has 3 saturated heterocycles. The number of allylic oxidation sites excluding steroid dienone is 4. The minimum atomic E-state index is -0.986. The molecule has 1 aromatic carbocycles. The molecule has 0 saturated carbocycles. The number of hydrogen-bond donors (Lipinski definition) is 0. The van der Waals surface area contributed by atoms with Crippen LogP contribution in [-0.4, -0.2) is 111 Å². The predicted octanol–water partition coefficient (Wildman–Crippen LogP) is 5.04. The molecule has 2 aromatic heterocycles. The first-order valence-corrected chi connectivity index (χ1v) is 18.8. The molecule has 0 spiro atoms. The summed E-state index contributed by atoms with van der Waals surface area (Å²) < 4.78 is 74.1. The number of carbonyl (C=O) groups is 1. The molecule has 53 heavy (non-hydrogen) atoms. The first-order chi connectivity index (χ1) is 25.6. The number of para-hydroxylation sites is 1. The van der Waals surface area contributed by atoms with E-state index in [0.717, 1.165) is 38.7 Å². The summed E-state index contributed by atoms with van der Waals surface area (Å²) in [4.78, 5) is 37.1. The van der Waals surface area contributed by atoms with Crippen molar-refractivity contribution in [3.05, 3.63) is 84.2 Å². The van der Waals surface area contributed by atoms with Gasteiger partial charge in [0, 0.05) is 13.0 Å². The molecule has 276 valence electrons. The normalized spacial score (nSPS) is 23.2. The number of carbonyl (C=O) groups excluding carboxylic acids is 1. The van der Waals surface area contributed by atoms with E-state index in [1.165, 1.54) is 34.2 Å². The topological polar surface area (TPSA) is 91.5 Å². The van der Waals surface area contributed by atoms with Crippen LogP contribution in [0.1, 0.15) is 19.3 Å². The van der Waals surface area contributed by atoms with Crippen molar-refractivity contribution in [1.29, 1.82) is 0 Å². The Bertz CT molecular complexity index is 2060. The van der Waals surface area contributed by atoms with Crippen molar-refractivity contribution < 1.29 is 51.2 Å². The average Bonchev–Trinajstić information content (AvgIpc) is 3.68. The van der Waals surface area contributed by atoms with E-state index in [1.807, 2.05) is 0 Å². The van der Waals surface area contributed by atoms with Gasteiger partial charge in [-0.2, -0.15) is 0 Å². The maximum absolute atomic E-state index is 16.8. The van der Waals surface area contributed by atoms with Gasteiger partial charge in [0.25, 0.3) is 0 Å². The Morgan fingerprint density at radius 1 is 1.19 bits per heavy atom. The van der Waals surface area contributed by atoms with Crippen molar-refractivity contribution >= 4 is 38.0 Å². The van der Waals surface area contributed by atoms with Gasteiger partial charge in [-0.25, -0.2) is 13.2 Å². The summed E-state index contributed by atoms with van der Waals surface area (Å²) >= 11 is 0.960. The predicted molar refractivity (Wildman–Crippen MR) is 187 cm³/mol. The van der Waals surface area contributed by atoms with Crippen LogP contribution in [-0.2, 0) is 24.1 Å². The molecule has 6 heterocycles. The molecule has 3 fully saturated rings.